The molecule has 1 amide bonds. The highest BCUT2D eigenvalue weighted by molar-refractivity contribution is 7.09. The fraction of sp³-hybridized carbons (Fsp3) is 0.769. The lowest BCUT2D eigenvalue weighted by atomic mass is 9.94. The molecule has 0 unspecified atom stereocenters. The normalized spacial score (nSPS) is 17.6. The highest BCUT2D eigenvalue weighted by Gasteiger charge is 2.27. The van der Waals surface area contributed by atoms with Crippen LogP contribution in [0.1, 0.15) is 39.4 Å². The molecule has 0 spiro atoms. The lowest BCUT2D eigenvalue weighted by molar-refractivity contribution is -0.129. The Hall–Kier alpha value is -1.17. The van der Waals surface area contributed by atoms with Crippen LogP contribution in [0.5, 0.6) is 0 Å². The van der Waals surface area contributed by atoms with Crippen molar-refractivity contribution >= 4 is 22.6 Å². The highest BCUT2D eigenvalue weighted by Crippen LogP contribution is 2.22. The molecular weight excluding hydrogens is 260 g/mol. The predicted octanol–water partition coefficient (Wildman–Crippen LogP) is 1.98. The van der Waals surface area contributed by atoms with Gasteiger partial charge in [-0.3, -0.25) is 4.79 Å². The molecule has 0 radical (unpaired) electrons. The number of piperidine rings is 1. The number of aryl methyl sites for hydroxylation is 1. The second-order valence-corrected chi connectivity index (χ2v) is 6.84. The van der Waals surface area contributed by atoms with Crippen LogP contribution in [0.3, 0.4) is 0 Å². The molecule has 2 rings (SSSR count). The van der Waals surface area contributed by atoms with E-state index in [-0.39, 0.29) is 17.4 Å². The number of amides is 1. The zero-order valence-corrected chi connectivity index (χ0v) is 12.9. The van der Waals surface area contributed by atoms with Gasteiger partial charge in [0, 0.05) is 36.1 Å². The van der Waals surface area contributed by atoms with Gasteiger partial charge in [0.2, 0.25) is 11.0 Å². The summed E-state index contributed by atoms with van der Waals surface area (Å²) in [5, 5.41) is 4.14. The number of carbonyl (C=O) groups excluding carboxylic acids is 1. The van der Waals surface area contributed by atoms with Gasteiger partial charge in [0.15, 0.2) is 0 Å². The lowest BCUT2D eigenvalue weighted by Crippen LogP contribution is -2.47. The summed E-state index contributed by atoms with van der Waals surface area (Å²) in [6, 6.07) is 0.289. The van der Waals surface area contributed by atoms with Gasteiger partial charge in [0.05, 0.1) is 0 Å². The first-order chi connectivity index (χ1) is 8.86. The van der Waals surface area contributed by atoms with Gasteiger partial charge >= 0.3 is 0 Å². The van der Waals surface area contributed by atoms with Crippen LogP contribution in [0, 0.1) is 12.3 Å². The van der Waals surface area contributed by atoms with E-state index in [0.29, 0.717) is 0 Å². The van der Waals surface area contributed by atoms with Crippen LogP contribution in [0.15, 0.2) is 0 Å². The van der Waals surface area contributed by atoms with E-state index in [1.165, 1.54) is 11.5 Å². The van der Waals surface area contributed by atoms with Gasteiger partial charge in [-0.05, 0) is 19.8 Å². The molecule has 6 heteroatoms. The van der Waals surface area contributed by atoms with Crippen molar-refractivity contribution in [3.63, 3.8) is 0 Å². The van der Waals surface area contributed by atoms with Crippen molar-refractivity contribution < 1.29 is 4.79 Å². The monoisotopic (exact) mass is 282 g/mol. The van der Waals surface area contributed by atoms with Crippen molar-refractivity contribution in [3.8, 4) is 0 Å². The molecule has 5 nitrogen and oxygen atoms in total. The van der Waals surface area contributed by atoms with E-state index in [9.17, 15) is 4.79 Å². The van der Waals surface area contributed by atoms with E-state index in [1.54, 1.807) is 0 Å². The Bertz CT molecular complexity index is 444. The molecule has 106 valence electrons. The van der Waals surface area contributed by atoms with E-state index in [2.05, 4.69) is 19.6 Å². The maximum atomic E-state index is 11.9. The third kappa shape index (κ3) is 3.65. The van der Waals surface area contributed by atoms with E-state index in [1.807, 2.05) is 27.7 Å². The van der Waals surface area contributed by atoms with Gasteiger partial charge in [0.25, 0.3) is 0 Å². The minimum Gasteiger partial charge on any atom is -0.353 e. The fourth-order valence-corrected chi connectivity index (χ4v) is 2.76. The average molecular weight is 282 g/mol. The molecule has 1 aromatic rings. The second kappa shape index (κ2) is 5.45. The van der Waals surface area contributed by atoms with Crippen molar-refractivity contribution in [1.82, 2.24) is 14.7 Å². The van der Waals surface area contributed by atoms with E-state index in [0.717, 1.165) is 36.9 Å². The number of nitrogens with one attached hydrogen (secondary N) is 1. The number of carbonyl (C=O) groups is 1. The van der Waals surface area contributed by atoms with Crippen molar-refractivity contribution in [3.05, 3.63) is 5.82 Å². The first kappa shape index (κ1) is 14.2. The number of hydrogen-bond donors (Lipinski definition) is 1. The summed E-state index contributed by atoms with van der Waals surface area (Å²) < 4.78 is 4.21. The Morgan fingerprint density at radius 2 is 2.00 bits per heavy atom. The number of hydrogen-bond acceptors (Lipinski definition) is 5. The first-order valence-corrected chi connectivity index (χ1v) is 7.50. The average Bonchev–Trinajstić information content (AvgIpc) is 2.75. The van der Waals surface area contributed by atoms with E-state index >= 15 is 0 Å². The zero-order valence-electron chi connectivity index (χ0n) is 12.1. The Balaban J connectivity index is 1.84. The van der Waals surface area contributed by atoms with E-state index in [4.69, 9.17) is 0 Å². The minimum atomic E-state index is -0.312. The molecule has 0 atom stereocenters. The van der Waals surface area contributed by atoms with Gasteiger partial charge in [-0.2, -0.15) is 4.37 Å². The predicted molar refractivity (Wildman–Crippen MR) is 77.5 cm³/mol. The molecule has 0 bridgehead atoms. The number of nitrogens with zero attached hydrogens (tertiary/aromatic N) is 3. The summed E-state index contributed by atoms with van der Waals surface area (Å²) in [5.41, 5.74) is -0.312. The van der Waals surface area contributed by atoms with Crippen molar-refractivity contribution in [1.29, 1.82) is 0 Å². The summed E-state index contributed by atoms with van der Waals surface area (Å²) in [4.78, 5) is 18.6. The molecule has 0 aliphatic carbocycles. The number of aromatic nitrogens is 2. The third-order valence-electron chi connectivity index (χ3n) is 3.30. The maximum absolute atomic E-state index is 11.9. The number of rotatable bonds is 2. The smallest absolute Gasteiger partial charge is 0.225 e. The topological polar surface area (TPSA) is 58.1 Å². The van der Waals surface area contributed by atoms with E-state index < -0.39 is 0 Å². The van der Waals surface area contributed by atoms with Gasteiger partial charge < -0.3 is 10.2 Å². The van der Waals surface area contributed by atoms with Crippen molar-refractivity contribution in [2.45, 2.75) is 46.6 Å². The summed E-state index contributed by atoms with van der Waals surface area (Å²) in [6.45, 7) is 9.62. The SMILES string of the molecule is Cc1nsc(N2CCC(NC(=O)C(C)(C)C)CC2)n1. The molecule has 0 aromatic carbocycles. The summed E-state index contributed by atoms with van der Waals surface area (Å²) in [7, 11) is 0. The third-order valence-corrected chi connectivity index (χ3v) is 4.17. The molecule has 1 aliphatic rings. The van der Waals surface area contributed by atoms with Crippen LogP contribution in [0.25, 0.3) is 0 Å². The molecule has 1 N–H and O–H groups in total. The Morgan fingerprint density at radius 3 is 2.47 bits per heavy atom. The summed E-state index contributed by atoms with van der Waals surface area (Å²) >= 11 is 1.45. The molecule has 2 heterocycles. The number of anilines is 1. The largest absolute Gasteiger partial charge is 0.353 e. The first-order valence-electron chi connectivity index (χ1n) is 6.72. The van der Waals surface area contributed by atoms with Crippen LogP contribution >= 0.6 is 11.5 Å². The standard InChI is InChI=1S/C13H22N4OS/c1-9-14-12(19-16-9)17-7-5-10(6-8-17)15-11(18)13(2,3)4/h10H,5-8H2,1-4H3,(H,15,18). The van der Waals surface area contributed by atoms with Crippen LogP contribution in [0.4, 0.5) is 5.13 Å². The van der Waals surface area contributed by atoms with Crippen LogP contribution in [-0.2, 0) is 4.79 Å². The minimum absolute atomic E-state index is 0.137. The van der Waals surface area contributed by atoms with Crippen molar-refractivity contribution in [2.75, 3.05) is 18.0 Å². The van der Waals surface area contributed by atoms with Gasteiger partial charge in [0.1, 0.15) is 5.82 Å². The molecule has 0 saturated carbocycles. The lowest BCUT2D eigenvalue weighted by Gasteiger charge is -2.33. The zero-order chi connectivity index (χ0) is 14.0. The fourth-order valence-electron chi connectivity index (χ4n) is 2.03. The Morgan fingerprint density at radius 1 is 1.37 bits per heavy atom. The Kier molecular flexibility index (Phi) is 4.08. The quantitative estimate of drug-likeness (QED) is 0.901. The highest BCUT2D eigenvalue weighted by atomic mass is 32.1. The molecule has 1 fully saturated rings. The van der Waals surface area contributed by atoms with Crippen LogP contribution in [-0.4, -0.2) is 34.4 Å². The summed E-state index contributed by atoms with van der Waals surface area (Å²) in [5.74, 6) is 0.973. The van der Waals surface area contributed by atoms with Crippen LogP contribution < -0.4 is 10.2 Å². The molecular formula is C13H22N4OS. The molecule has 1 aliphatic heterocycles. The van der Waals surface area contributed by atoms with Gasteiger partial charge in [-0.25, -0.2) is 4.98 Å². The van der Waals surface area contributed by atoms with Crippen molar-refractivity contribution in [2.24, 2.45) is 5.41 Å². The van der Waals surface area contributed by atoms with Gasteiger partial charge in [-0.15, -0.1) is 0 Å². The summed E-state index contributed by atoms with van der Waals surface area (Å²) in [6.07, 6.45) is 1.95. The second-order valence-electron chi connectivity index (χ2n) is 6.11. The Labute approximate surface area is 118 Å². The van der Waals surface area contributed by atoms with Gasteiger partial charge in [-0.1, -0.05) is 20.8 Å². The molecule has 19 heavy (non-hydrogen) atoms. The van der Waals surface area contributed by atoms with Crippen LogP contribution in [0.2, 0.25) is 0 Å². The molecule has 1 saturated heterocycles. The maximum Gasteiger partial charge on any atom is 0.225 e. The molecule has 1 aromatic heterocycles.